The molecule has 5 atom stereocenters. The van der Waals surface area contributed by atoms with Gasteiger partial charge < -0.3 is 24.4 Å². The number of fused-ring (bicyclic) bond motifs is 2. The van der Waals surface area contributed by atoms with Crippen molar-refractivity contribution in [2.75, 3.05) is 6.61 Å². The minimum Gasteiger partial charge on any atom is -0.457 e. The van der Waals surface area contributed by atoms with E-state index in [0.717, 1.165) is 0 Å². The number of aliphatic hydroxyl groups is 2. The summed E-state index contributed by atoms with van der Waals surface area (Å²) >= 11 is 0. The molecular weight excluding hydrogens is 192 g/mol. The molecule has 14 heavy (non-hydrogen) atoms. The Morgan fingerprint density at radius 3 is 2.79 bits per heavy atom. The Morgan fingerprint density at radius 2 is 2.14 bits per heavy atom. The first-order valence-corrected chi connectivity index (χ1v) is 4.40. The van der Waals surface area contributed by atoms with Crippen LogP contribution in [0.3, 0.4) is 0 Å². The second-order valence-corrected chi connectivity index (χ2v) is 3.43. The largest absolute Gasteiger partial charge is 0.457 e. The highest BCUT2D eigenvalue weighted by molar-refractivity contribution is 5.66. The van der Waals surface area contributed by atoms with Gasteiger partial charge in [-0.25, -0.2) is 0 Å². The maximum atomic E-state index is 10.7. The molecule has 2 bridgehead atoms. The Balaban J connectivity index is 2.10. The van der Waals surface area contributed by atoms with Crippen molar-refractivity contribution in [1.29, 1.82) is 0 Å². The van der Waals surface area contributed by atoms with Gasteiger partial charge in [-0.05, 0) is 0 Å². The monoisotopic (exact) mass is 204 g/mol. The van der Waals surface area contributed by atoms with Crippen molar-refractivity contribution in [3.05, 3.63) is 0 Å². The molecule has 2 N–H and O–H groups in total. The third-order valence-corrected chi connectivity index (χ3v) is 2.37. The molecule has 3 unspecified atom stereocenters. The molecule has 6 heteroatoms. The Kier molecular flexibility index (Phi) is 2.44. The molecular formula is C8H12O6. The van der Waals surface area contributed by atoms with Crippen molar-refractivity contribution >= 4 is 5.97 Å². The number of aliphatic hydroxyl groups excluding tert-OH is 2. The number of carbonyl (C=O) groups is 1. The summed E-state index contributed by atoms with van der Waals surface area (Å²) in [5, 5.41) is 19.2. The molecule has 0 aromatic carbocycles. The van der Waals surface area contributed by atoms with Crippen molar-refractivity contribution in [2.24, 2.45) is 0 Å². The van der Waals surface area contributed by atoms with Crippen molar-refractivity contribution in [3.8, 4) is 0 Å². The quantitative estimate of drug-likeness (QED) is 0.500. The van der Waals surface area contributed by atoms with Gasteiger partial charge in [0.2, 0.25) is 0 Å². The van der Waals surface area contributed by atoms with Crippen molar-refractivity contribution in [2.45, 2.75) is 37.6 Å². The zero-order valence-electron chi connectivity index (χ0n) is 7.62. The van der Waals surface area contributed by atoms with Crippen LogP contribution in [0, 0.1) is 0 Å². The fourth-order valence-electron chi connectivity index (χ4n) is 1.70. The zero-order chi connectivity index (χ0) is 10.3. The van der Waals surface area contributed by atoms with Gasteiger partial charge in [0.1, 0.15) is 18.3 Å². The molecule has 80 valence electrons. The standard InChI is InChI=1S/C8H12O6/c1-3(9)13-7-5(10)4-2-12-8(14-4)6(7)11/h4-8,10-11H,2H2,1H3/t4-,5?,6-,7?,8?/m1/s1. The summed E-state index contributed by atoms with van der Waals surface area (Å²) in [6.07, 6.45) is -4.44. The Labute approximate surface area is 80.4 Å². The van der Waals surface area contributed by atoms with Gasteiger partial charge in [0, 0.05) is 6.92 Å². The summed E-state index contributed by atoms with van der Waals surface area (Å²) < 4.78 is 15.0. The Bertz CT molecular complexity index is 226. The van der Waals surface area contributed by atoms with E-state index in [1.165, 1.54) is 6.92 Å². The summed E-state index contributed by atoms with van der Waals surface area (Å²) in [6.45, 7) is 1.43. The van der Waals surface area contributed by atoms with Gasteiger partial charge in [-0.15, -0.1) is 0 Å². The minimum absolute atomic E-state index is 0.209. The van der Waals surface area contributed by atoms with Crippen molar-refractivity contribution < 1.29 is 29.2 Å². The molecule has 2 aliphatic rings. The lowest BCUT2D eigenvalue weighted by atomic mass is 10.0. The van der Waals surface area contributed by atoms with E-state index in [0.29, 0.717) is 0 Å². The highest BCUT2D eigenvalue weighted by atomic mass is 16.7. The van der Waals surface area contributed by atoms with E-state index in [1.807, 2.05) is 0 Å². The van der Waals surface area contributed by atoms with Crippen LogP contribution < -0.4 is 0 Å². The van der Waals surface area contributed by atoms with E-state index in [2.05, 4.69) is 0 Å². The predicted molar refractivity (Wildman–Crippen MR) is 42.2 cm³/mol. The Morgan fingerprint density at radius 1 is 1.43 bits per heavy atom. The molecule has 0 aliphatic carbocycles. The van der Waals surface area contributed by atoms with Crippen LogP contribution >= 0.6 is 0 Å². The van der Waals surface area contributed by atoms with Gasteiger partial charge in [-0.3, -0.25) is 4.79 Å². The van der Waals surface area contributed by atoms with Gasteiger partial charge in [-0.1, -0.05) is 0 Å². The Hall–Kier alpha value is -0.690. The topological polar surface area (TPSA) is 85.2 Å². The molecule has 2 fully saturated rings. The molecule has 2 heterocycles. The molecule has 0 radical (unpaired) electrons. The van der Waals surface area contributed by atoms with E-state index in [4.69, 9.17) is 14.2 Å². The van der Waals surface area contributed by atoms with Gasteiger partial charge in [0.15, 0.2) is 12.4 Å². The van der Waals surface area contributed by atoms with Crippen LogP contribution in [-0.2, 0) is 19.0 Å². The van der Waals surface area contributed by atoms with E-state index in [1.54, 1.807) is 0 Å². The lowest BCUT2D eigenvalue weighted by molar-refractivity contribution is -0.237. The van der Waals surface area contributed by atoms with Crippen LogP contribution in [-0.4, -0.2) is 53.5 Å². The number of carbonyl (C=O) groups excluding carboxylic acids is 1. The second kappa shape index (κ2) is 3.47. The SMILES string of the molecule is CC(=O)OC1C(O)[C@H]2COC(O2)[C@@H]1O. The van der Waals surface area contributed by atoms with Crippen LogP contribution in [0.1, 0.15) is 6.92 Å². The van der Waals surface area contributed by atoms with E-state index in [9.17, 15) is 15.0 Å². The summed E-state index contributed by atoms with van der Waals surface area (Å²) in [5.41, 5.74) is 0. The maximum Gasteiger partial charge on any atom is 0.303 e. The fourth-order valence-corrected chi connectivity index (χ4v) is 1.70. The molecule has 0 saturated carbocycles. The van der Waals surface area contributed by atoms with E-state index < -0.39 is 36.7 Å². The third kappa shape index (κ3) is 1.50. The van der Waals surface area contributed by atoms with Gasteiger partial charge in [0.05, 0.1) is 6.61 Å². The van der Waals surface area contributed by atoms with Gasteiger partial charge in [-0.2, -0.15) is 0 Å². The number of ether oxygens (including phenoxy) is 3. The molecule has 0 spiro atoms. The summed E-state index contributed by atoms with van der Waals surface area (Å²) in [4.78, 5) is 10.7. The molecule has 2 saturated heterocycles. The molecule has 0 aromatic heterocycles. The summed E-state index contributed by atoms with van der Waals surface area (Å²) in [7, 11) is 0. The number of hydrogen-bond donors (Lipinski definition) is 2. The zero-order valence-corrected chi connectivity index (χ0v) is 7.62. The van der Waals surface area contributed by atoms with Gasteiger partial charge in [0.25, 0.3) is 0 Å². The lowest BCUT2D eigenvalue weighted by Crippen LogP contribution is -2.55. The lowest BCUT2D eigenvalue weighted by Gasteiger charge is -2.34. The second-order valence-electron chi connectivity index (χ2n) is 3.43. The van der Waals surface area contributed by atoms with Crippen LogP contribution in [0.15, 0.2) is 0 Å². The molecule has 2 rings (SSSR count). The van der Waals surface area contributed by atoms with Gasteiger partial charge >= 0.3 is 5.97 Å². The third-order valence-electron chi connectivity index (χ3n) is 2.37. The highest BCUT2D eigenvalue weighted by Crippen LogP contribution is 2.29. The smallest absolute Gasteiger partial charge is 0.303 e. The van der Waals surface area contributed by atoms with E-state index >= 15 is 0 Å². The van der Waals surface area contributed by atoms with Crippen molar-refractivity contribution in [3.63, 3.8) is 0 Å². The first kappa shape index (κ1) is 9.85. The number of esters is 1. The molecule has 6 nitrogen and oxygen atoms in total. The number of rotatable bonds is 1. The first-order valence-electron chi connectivity index (χ1n) is 4.40. The van der Waals surface area contributed by atoms with Crippen LogP contribution in [0.2, 0.25) is 0 Å². The van der Waals surface area contributed by atoms with E-state index in [-0.39, 0.29) is 6.61 Å². The van der Waals surface area contributed by atoms with Crippen LogP contribution in [0.4, 0.5) is 0 Å². The normalized spacial score (nSPS) is 46.4. The average molecular weight is 204 g/mol. The first-order chi connectivity index (χ1) is 6.59. The number of hydrogen-bond acceptors (Lipinski definition) is 6. The van der Waals surface area contributed by atoms with Crippen molar-refractivity contribution in [1.82, 2.24) is 0 Å². The van der Waals surface area contributed by atoms with Crippen LogP contribution in [0.25, 0.3) is 0 Å². The van der Waals surface area contributed by atoms with Crippen LogP contribution in [0.5, 0.6) is 0 Å². The average Bonchev–Trinajstić information content (AvgIpc) is 2.55. The summed E-state index contributed by atoms with van der Waals surface area (Å²) in [5.74, 6) is -0.547. The summed E-state index contributed by atoms with van der Waals surface area (Å²) in [6, 6.07) is 0. The highest BCUT2D eigenvalue weighted by Gasteiger charge is 2.51. The predicted octanol–water partition coefficient (Wildman–Crippen LogP) is -1.60. The molecule has 0 aromatic rings. The molecule has 0 amide bonds. The fraction of sp³-hybridized carbons (Fsp3) is 0.875. The maximum absolute atomic E-state index is 10.7. The molecule has 2 aliphatic heterocycles. The minimum atomic E-state index is -1.13.